The molecule has 0 spiro atoms. The number of carboxylic acid groups (broad SMARTS) is 1. The number of aliphatic carboxylic acids is 1. The first-order valence-electron chi connectivity index (χ1n) is 7.06. The van der Waals surface area contributed by atoms with Gasteiger partial charge in [0.1, 0.15) is 0 Å². The Labute approximate surface area is 125 Å². The van der Waals surface area contributed by atoms with E-state index >= 15 is 0 Å². The van der Waals surface area contributed by atoms with Crippen molar-refractivity contribution < 1.29 is 23.1 Å². The number of fused-ring (bicyclic) bond motifs is 1. The number of carboxylic acids is 1. The number of rotatable bonds is 4. The third-order valence-corrected chi connectivity index (χ3v) is 6.95. The van der Waals surface area contributed by atoms with Crippen LogP contribution in [0.1, 0.15) is 26.2 Å². The zero-order valence-corrected chi connectivity index (χ0v) is 13.4. The van der Waals surface area contributed by atoms with Gasteiger partial charge in [0.25, 0.3) is 0 Å². The molecule has 1 N–H and O–H groups in total. The van der Waals surface area contributed by atoms with Gasteiger partial charge < -0.3 is 10.0 Å². The van der Waals surface area contributed by atoms with Gasteiger partial charge in [-0.3, -0.25) is 9.59 Å². The van der Waals surface area contributed by atoms with Crippen molar-refractivity contribution in [2.24, 2.45) is 11.3 Å². The average molecular weight is 318 g/mol. The molecule has 7 nitrogen and oxygen atoms in total. The van der Waals surface area contributed by atoms with Crippen LogP contribution in [0.25, 0.3) is 0 Å². The van der Waals surface area contributed by atoms with Crippen molar-refractivity contribution in [3.05, 3.63) is 0 Å². The number of carbonyl (C=O) groups is 2. The highest BCUT2D eigenvalue weighted by Gasteiger charge is 2.57. The van der Waals surface area contributed by atoms with Crippen LogP contribution in [0.15, 0.2) is 0 Å². The highest BCUT2D eigenvalue weighted by Crippen LogP contribution is 2.49. The van der Waals surface area contributed by atoms with E-state index in [9.17, 15) is 23.1 Å². The summed E-state index contributed by atoms with van der Waals surface area (Å²) in [5, 5.41) is 8.31. The SMILES string of the molecule is CC(C(=O)N(C)C)S(=O)(=O)N1C[C@@H]2CCC[C@@]2(C(=O)O)C1. The average Bonchev–Trinajstić information content (AvgIpc) is 2.94. The van der Waals surface area contributed by atoms with Crippen molar-refractivity contribution in [1.82, 2.24) is 9.21 Å². The molecule has 21 heavy (non-hydrogen) atoms. The fourth-order valence-electron chi connectivity index (χ4n) is 3.50. The molecule has 2 rings (SSSR count). The Morgan fingerprint density at radius 1 is 1.38 bits per heavy atom. The first-order valence-corrected chi connectivity index (χ1v) is 8.57. The summed E-state index contributed by atoms with van der Waals surface area (Å²) < 4.78 is 26.3. The zero-order valence-electron chi connectivity index (χ0n) is 12.6. The molecule has 1 aliphatic heterocycles. The van der Waals surface area contributed by atoms with E-state index in [4.69, 9.17) is 0 Å². The molecule has 2 fully saturated rings. The lowest BCUT2D eigenvalue weighted by Gasteiger charge is -2.25. The fraction of sp³-hybridized carbons (Fsp3) is 0.846. The largest absolute Gasteiger partial charge is 0.481 e. The maximum absolute atomic E-state index is 12.6. The number of sulfonamides is 1. The van der Waals surface area contributed by atoms with Crippen molar-refractivity contribution in [3.63, 3.8) is 0 Å². The Morgan fingerprint density at radius 3 is 2.48 bits per heavy atom. The van der Waals surface area contributed by atoms with E-state index in [0.717, 1.165) is 12.8 Å². The molecule has 1 amide bonds. The van der Waals surface area contributed by atoms with Crippen molar-refractivity contribution in [2.45, 2.75) is 31.4 Å². The predicted octanol–water partition coefficient (Wildman–Crippen LogP) is -0.0204. The van der Waals surface area contributed by atoms with Gasteiger partial charge in [-0.1, -0.05) is 6.42 Å². The fourth-order valence-corrected chi connectivity index (χ4v) is 5.21. The van der Waals surface area contributed by atoms with Crippen molar-refractivity contribution in [1.29, 1.82) is 0 Å². The van der Waals surface area contributed by atoms with Crippen molar-refractivity contribution in [3.8, 4) is 0 Å². The number of hydrogen-bond acceptors (Lipinski definition) is 4. The van der Waals surface area contributed by atoms with Gasteiger partial charge in [-0.2, -0.15) is 4.31 Å². The lowest BCUT2D eigenvalue weighted by molar-refractivity contribution is -0.149. The minimum Gasteiger partial charge on any atom is -0.481 e. The summed E-state index contributed by atoms with van der Waals surface area (Å²) >= 11 is 0. The van der Waals surface area contributed by atoms with Crippen LogP contribution < -0.4 is 0 Å². The quantitative estimate of drug-likeness (QED) is 0.786. The molecule has 1 unspecified atom stereocenters. The molecule has 0 bridgehead atoms. The summed E-state index contributed by atoms with van der Waals surface area (Å²) in [7, 11) is -0.806. The third kappa shape index (κ3) is 2.44. The standard InChI is InChI=1S/C13H22N2O5S/c1-9(11(16)14(2)3)21(19,20)15-7-10-5-4-6-13(10,8-15)12(17)18/h9-10H,4-8H2,1-3H3,(H,17,18)/t9?,10-,13+/m0/s1. The van der Waals surface area contributed by atoms with E-state index in [1.54, 1.807) is 0 Å². The maximum Gasteiger partial charge on any atom is 0.311 e. The van der Waals surface area contributed by atoms with Gasteiger partial charge >= 0.3 is 5.97 Å². The van der Waals surface area contributed by atoms with Gasteiger partial charge in [-0.15, -0.1) is 0 Å². The van der Waals surface area contributed by atoms with Crippen LogP contribution in [0.4, 0.5) is 0 Å². The molecule has 2 aliphatic rings. The summed E-state index contributed by atoms with van der Waals surface area (Å²) in [6, 6.07) is 0. The van der Waals surface area contributed by atoms with E-state index in [0.29, 0.717) is 6.42 Å². The van der Waals surface area contributed by atoms with Crippen molar-refractivity contribution in [2.75, 3.05) is 27.2 Å². The predicted molar refractivity (Wildman–Crippen MR) is 76.1 cm³/mol. The lowest BCUT2D eigenvalue weighted by Crippen LogP contribution is -2.45. The molecule has 0 aromatic rings. The highest BCUT2D eigenvalue weighted by atomic mass is 32.2. The second kappa shape index (κ2) is 5.24. The molecule has 8 heteroatoms. The van der Waals surface area contributed by atoms with E-state index in [-0.39, 0.29) is 19.0 Å². The van der Waals surface area contributed by atoms with E-state index in [1.165, 1.54) is 30.2 Å². The van der Waals surface area contributed by atoms with Crippen LogP contribution in [0.3, 0.4) is 0 Å². The van der Waals surface area contributed by atoms with Gasteiger partial charge in [0.05, 0.1) is 5.41 Å². The van der Waals surface area contributed by atoms with Crippen LogP contribution in [0.2, 0.25) is 0 Å². The maximum atomic E-state index is 12.6. The molecule has 0 radical (unpaired) electrons. The number of hydrogen-bond donors (Lipinski definition) is 1. The number of carbonyl (C=O) groups excluding carboxylic acids is 1. The highest BCUT2D eigenvalue weighted by molar-refractivity contribution is 7.90. The molecule has 3 atom stereocenters. The monoisotopic (exact) mass is 318 g/mol. The van der Waals surface area contributed by atoms with Crippen LogP contribution in [0, 0.1) is 11.3 Å². The molecule has 1 saturated carbocycles. The Bertz CT molecular complexity index is 559. The molecule has 1 heterocycles. The molecular formula is C13H22N2O5S. The summed E-state index contributed by atoms with van der Waals surface area (Å²) in [6.45, 7) is 1.55. The number of nitrogens with zero attached hydrogens (tertiary/aromatic N) is 2. The van der Waals surface area contributed by atoms with Crippen molar-refractivity contribution >= 4 is 21.9 Å². The van der Waals surface area contributed by atoms with E-state index in [1.807, 2.05) is 0 Å². The lowest BCUT2D eigenvalue weighted by atomic mass is 9.81. The molecular weight excluding hydrogens is 296 g/mol. The van der Waals surface area contributed by atoms with Gasteiger partial charge in [0, 0.05) is 27.2 Å². The molecule has 1 saturated heterocycles. The van der Waals surface area contributed by atoms with E-state index < -0.39 is 32.6 Å². The van der Waals surface area contributed by atoms with Crippen LogP contribution in [0.5, 0.6) is 0 Å². The third-order valence-electron chi connectivity index (χ3n) is 4.86. The number of amides is 1. The van der Waals surface area contributed by atoms with Gasteiger partial charge in [-0.05, 0) is 25.7 Å². The van der Waals surface area contributed by atoms with Crippen LogP contribution in [-0.4, -0.2) is 67.0 Å². The van der Waals surface area contributed by atoms with Gasteiger partial charge in [0.15, 0.2) is 5.25 Å². The minimum atomic E-state index is -3.82. The molecule has 0 aromatic heterocycles. The van der Waals surface area contributed by atoms with Crippen LogP contribution >= 0.6 is 0 Å². The smallest absolute Gasteiger partial charge is 0.311 e. The Morgan fingerprint density at radius 2 is 2.00 bits per heavy atom. The normalized spacial score (nSPS) is 30.9. The summed E-state index contributed by atoms with van der Waals surface area (Å²) in [4.78, 5) is 24.7. The van der Waals surface area contributed by atoms with Crippen LogP contribution in [-0.2, 0) is 19.6 Å². The van der Waals surface area contributed by atoms with E-state index in [2.05, 4.69) is 0 Å². The summed E-state index contributed by atoms with van der Waals surface area (Å²) in [5.41, 5.74) is -0.964. The zero-order chi connectivity index (χ0) is 16.0. The second-order valence-corrected chi connectivity index (χ2v) is 8.52. The topological polar surface area (TPSA) is 95.0 Å². The summed E-state index contributed by atoms with van der Waals surface area (Å²) in [5.74, 6) is -1.56. The van der Waals surface area contributed by atoms with Gasteiger partial charge in [-0.25, -0.2) is 8.42 Å². The molecule has 120 valence electrons. The Balaban J connectivity index is 2.24. The van der Waals surface area contributed by atoms with Gasteiger partial charge in [0.2, 0.25) is 15.9 Å². The summed E-state index contributed by atoms with van der Waals surface area (Å²) in [6.07, 6.45) is 2.06. The first-order chi connectivity index (χ1) is 9.63. The minimum absolute atomic E-state index is 0.0135. The first kappa shape index (κ1) is 16.2. The Hall–Kier alpha value is -1.15. The molecule has 0 aromatic carbocycles. The second-order valence-electron chi connectivity index (χ2n) is 6.26. The molecule has 1 aliphatic carbocycles. The Kier molecular flexibility index (Phi) is 4.05.